The zero-order valence-corrected chi connectivity index (χ0v) is 18.9. The average molecular weight is 453 g/mol. The molecule has 2 amide bonds. The van der Waals surface area contributed by atoms with Crippen LogP contribution < -0.4 is 20.1 Å². The quantitative estimate of drug-likeness (QED) is 0.573. The fourth-order valence-corrected chi connectivity index (χ4v) is 3.11. The molecule has 0 radical (unpaired) electrons. The minimum absolute atomic E-state index is 0.148. The Labute approximate surface area is 186 Å². The fourth-order valence-electron chi connectivity index (χ4n) is 2.73. The highest BCUT2D eigenvalue weighted by Crippen LogP contribution is 2.30. The summed E-state index contributed by atoms with van der Waals surface area (Å²) in [7, 11) is 1.57. The van der Waals surface area contributed by atoms with Crippen LogP contribution in [0, 0.1) is 0 Å². The largest absolute Gasteiger partial charge is 0.493 e. The van der Waals surface area contributed by atoms with E-state index in [1.54, 1.807) is 32.2 Å². The minimum Gasteiger partial charge on any atom is -0.493 e. The monoisotopic (exact) mass is 452 g/mol. The third-order valence-electron chi connectivity index (χ3n) is 4.45. The van der Waals surface area contributed by atoms with Crippen molar-refractivity contribution in [2.75, 3.05) is 13.7 Å². The van der Waals surface area contributed by atoms with Crippen molar-refractivity contribution in [3.63, 3.8) is 0 Å². The van der Waals surface area contributed by atoms with E-state index in [4.69, 9.17) is 32.7 Å². The molecule has 0 spiro atoms. The molecule has 162 valence electrons. The van der Waals surface area contributed by atoms with Crippen LogP contribution in [0.15, 0.2) is 36.4 Å². The van der Waals surface area contributed by atoms with Gasteiger partial charge >= 0.3 is 0 Å². The zero-order chi connectivity index (χ0) is 22.3. The number of hydrogen-bond donors (Lipinski definition) is 2. The van der Waals surface area contributed by atoms with Crippen molar-refractivity contribution in [1.82, 2.24) is 10.6 Å². The van der Waals surface area contributed by atoms with Gasteiger partial charge in [-0.1, -0.05) is 42.3 Å². The van der Waals surface area contributed by atoms with E-state index in [9.17, 15) is 9.59 Å². The number of halogens is 2. The summed E-state index contributed by atoms with van der Waals surface area (Å²) in [5.41, 5.74) is 1.06. The van der Waals surface area contributed by atoms with Gasteiger partial charge in [-0.2, -0.15) is 0 Å². The normalized spacial score (nSPS) is 12.6. The number of carbonyl (C=O) groups excluding carboxylic acids is 2. The molecule has 0 aromatic heterocycles. The van der Waals surface area contributed by atoms with Gasteiger partial charge in [-0.3, -0.25) is 9.59 Å². The Bertz CT molecular complexity index is 905. The summed E-state index contributed by atoms with van der Waals surface area (Å²) in [6, 6.07) is 9.19. The molecular formula is C22H26Cl2N2O4. The molecule has 2 rings (SSSR count). The van der Waals surface area contributed by atoms with Crippen LogP contribution in [0.25, 0.3) is 0 Å². The second-order valence-electron chi connectivity index (χ2n) is 6.79. The maximum absolute atomic E-state index is 12.6. The summed E-state index contributed by atoms with van der Waals surface area (Å²) in [4.78, 5) is 25.0. The van der Waals surface area contributed by atoms with E-state index in [1.807, 2.05) is 32.0 Å². The van der Waals surface area contributed by atoms with Crippen LogP contribution in [0.5, 0.6) is 11.5 Å². The van der Waals surface area contributed by atoms with Crippen LogP contribution in [0.3, 0.4) is 0 Å². The third kappa shape index (κ3) is 6.03. The van der Waals surface area contributed by atoms with Crippen LogP contribution >= 0.6 is 23.2 Å². The van der Waals surface area contributed by atoms with Gasteiger partial charge in [0.25, 0.3) is 5.91 Å². The highest BCUT2D eigenvalue weighted by atomic mass is 35.5. The van der Waals surface area contributed by atoms with Crippen molar-refractivity contribution in [2.45, 2.75) is 39.3 Å². The number of amides is 2. The molecule has 2 aromatic carbocycles. The van der Waals surface area contributed by atoms with Crippen molar-refractivity contribution in [2.24, 2.45) is 0 Å². The van der Waals surface area contributed by atoms with Crippen molar-refractivity contribution in [1.29, 1.82) is 0 Å². The Hall–Kier alpha value is -2.44. The van der Waals surface area contributed by atoms with E-state index in [2.05, 4.69) is 10.6 Å². The second-order valence-corrected chi connectivity index (χ2v) is 7.57. The molecule has 0 heterocycles. The molecule has 0 saturated carbocycles. The fraction of sp³-hybridized carbons (Fsp3) is 0.364. The summed E-state index contributed by atoms with van der Waals surface area (Å²) >= 11 is 12.0. The van der Waals surface area contributed by atoms with E-state index in [1.165, 1.54) is 0 Å². The summed E-state index contributed by atoms with van der Waals surface area (Å²) in [5.74, 6) is 0.441. The molecule has 0 aliphatic carbocycles. The van der Waals surface area contributed by atoms with Crippen molar-refractivity contribution >= 4 is 35.0 Å². The summed E-state index contributed by atoms with van der Waals surface area (Å²) in [6.07, 6.45) is 0.890. The molecule has 2 atom stereocenters. The summed E-state index contributed by atoms with van der Waals surface area (Å²) in [6.45, 7) is 6.07. The molecular weight excluding hydrogens is 427 g/mol. The third-order valence-corrected chi connectivity index (χ3v) is 5.26. The SMILES string of the molecule is CCCOc1ccc(C(C)NC(=O)C(C)NC(=O)c2cccc(Cl)c2Cl)cc1OC. The van der Waals surface area contributed by atoms with E-state index in [0.717, 1.165) is 12.0 Å². The van der Waals surface area contributed by atoms with Gasteiger partial charge in [0.2, 0.25) is 5.91 Å². The Kier molecular flexibility index (Phi) is 8.81. The molecule has 6 nitrogen and oxygen atoms in total. The molecule has 2 N–H and O–H groups in total. The molecule has 0 bridgehead atoms. The average Bonchev–Trinajstić information content (AvgIpc) is 2.73. The van der Waals surface area contributed by atoms with Crippen LogP contribution in [-0.4, -0.2) is 31.6 Å². The summed E-state index contributed by atoms with van der Waals surface area (Å²) < 4.78 is 11.0. The smallest absolute Gasteiger partial charge is 0.253 e. The molecule has 30 heavy (non-hydrogen) atoms. The number of ether oxygens (including phenoxy) is 2. The maximum atomic E-state index is 12.6. The summed E-state index contributed by atoms with van der Waals surface area (Å²) in [5, 5.41) is 5.94. The molecule has 2 unspecified atom stereocenters. The van der Waals surface area contributed by atoms with Gasteiger partial charge in [0.1, 0.15) is 6.04 Å². The van der Waals surface area contributed by atoms with Gasteiger partial charge in [-0.25, -0.2) is 0 Å². The van der Waals surface area contributed by atoms with Gasteiger partial charge in [0.15, 0.2) is 11.5 Å². The number of carbonyl (C=O) groups is 2. The Morgan fingerprint density at radius 2 is 1.80 bits per heavy atom. The lowest BCUT2D eigenvalue weighted by Crippen LogP contribution is -2.45. The van der Waals surface area contributed by atoms with E-state index >= 15 is 0 Å². The first kappa shape index (κ1) is 23.8. The van der Waals surface area contributed by atoms with E-state index in [-0.39, 0.29) is 27.6 Å². The zero-order valence-electron chi connectivity index (χ0n) is 17.4. The van der Waals surface area contributed by atoms with Gasteiger partial charge in [-0.15, -0.1) is 0 Å². The lowest BCUT2D eigenvalue weighted by molar-refractivity contribution is -0.123. The first-order valence-electron chi connectivity index (χ1n) is 9.64. The topological polar surface area (TPSA) is 76.7 Å². The van der Waals surface area contributed by atoms with E-state index in [0.29, 0.717) is 18.1 Å². The Morgan fingerprint density at radius 3 is 2.47 bits per heavy atom. The standard InChI is InChI=1S/C22H26Cl2N2O4/c1-5-11-30-18-10-9-15(12-19(18)29-4)13(2)25-21(27)14(3)26-22(28)16-7-6-8-17(23)20(16)24/h6-10,12-14H,5,11H2,1-4H3,(H,25,27)(H,26,28). The van der Waals surface area contributed by atoms with Gasteiger partial charge in [0, 0.05) is 0 Å². The number of nitrogens with one attached hydrogen (secondary N) is 2. The molecule has 8 heteroatoms. The van der Waals surface area contributed by atoms with Gasteiger partial charge in [-0.05, 0) is 50.1 Å². The van der Waals surface area contributed by atoms with E-state index < -0.39 is 11.9 Å². The predicted molar refractivity (Wildman–Crippen MR) is 119 cm³/mol. The molecule has 0 aliphatic rings. The first-order chi connectivity index (χ1) is 14.3. The number of hydrogen-bond acceptors (Lipinski definition) is 4. The van der Waals surface area contributed by atoms with Crippen molar-refractivity contribution in [3.8, 4) is 11.5 Å². The number of methoxy groups -OCH3 is 1. The molecule has 0 fully saturated rings. The van der Waals surface area contributed by atoms with Crippen LogP contribution in [0.1, 0.15) is 49.2 Å². The Morgan fingerprint density at radius 1 is 1.07 bits per heavy atom. The van der Waals surface area contributed by atoms with Crippen molar-refractivity contribution < 1.29 is 19.1 Å². The van der Waals surface area contributed by atoms with Crippen LogP contribution in [-0.2, 0) is 4.79 Å². The predicted octanol–water partition coefficient (Wildman–Crippen LogP) is 4.79. The van der Waals surface area contributed by atoms with Gasteiger partial charge < -0.3 is 20.1 Å². The second kappa shape index (κ2) is 11.1. The Balaban J connectivity index is 2.02. The highest BCUT2D eigenvalue weighted by molar-refractivity contribution is 6.43. The lowest BCUT2D eigenvalue weighted by Gasteiger charge is -2.20. The highest BCUT2D eigenvalue weighted by Gasteiger charge is 2.21. The first-order valence-corrected chi connectivity index (χ1v) is 10.4. The molecule has 2 aromatic rings. The number of rotatable bonds is 9. The van der Waals surface area contributed by atoms with Gasteiger partial charge in [0.05, 0.1) is 35.4 Å². The minimum atomic E-state index is -0.774. The lowest BCUT2D eigenvalue weighted by atomic mass is 10.1. The van der Waals surface area contributed by atoms with Crippen molar-refractivity contribution in [3.05, 3.63) is 57.6 Å². The van der Waals surface area contributed by atoms with Crippen LogP contribution in [0.4, 0.5) is 0 Å². The molecule has 0 saturated heterocycles. The maximum Gasteiger partial charge on any atom is 0.253 e. The van der Waals surface area contributed by atoms with Crippen LogP contribution in [0.2, 0.25) is 10.0 Å². The molecule has 0 aliphatic heterocycles. The number of benzene rings is 2.